The Balaban J connectivity index is 1.54. The molecular weight excluding hydrogens is 347 g/mol. The summed E-state index contributed by atoms with van der Waals surface area (Å²) in [6, 6.07) is 3.63. The highest BCUT2D eigenvalue weighted by molar-refractivity contribution is 5.88. The van der Waals surface area contributed by atoms with Crippen molar-refractivity contribution in [1.29, 1.82) is 0 Å². The molecule has 5 rings (SSSR count). The summed E-state index contributed by atoms with van der Waals surface area (Å²) in [6.45, 7) is 6.02. The zero-order valence-corrected chi connectivity index (χ0v) is 16.3. The number of carboxylic acid groups (broad SMARTS) is 1. The molecule has 4 aliphatic rings. The fourth-order valence-corrected chi connectivity index (χ4v) is 5.49. The maximum absolute atomic E-state index is 14.3. The van der Waals surface area contributed by atoms with Gasteiger partial charge in [-0.15, -0.1) is 0 Å². The quantitative estimate of drug-likeness (QED) is 0.725. The molecule has 1 N–H and O–H groups in total. The third-order valence-electron chi connectivity index (χ3n) is 6.54. The van der Waals surface area contributed by atoms with E-state index in [9.17, 15) is 14.3 Å². The number of rotatable bonds is 5. The van der Waals surface area contributed by atoms with E-state index in [4.69, 9.17) is 9.47 Å². The Hall–Kier alpha value is -1.62. The van der Waals surface area contributed by atoms with Crippen LogP contribution in [0.15, 0.2) is 18.2 Å². The first-order chi connectivity index (χ1) is 12.7. The predicted octanol–water partition coefficient (Wildman–Crippen LogP) is 5.12. The molecule has 0 aliphatic heterocycles. The standard InChI is InChI=1S/C22H29FO4/c1-22(2,3)21(26-18-11-14(20(24)25)4-5-17(18)23)27-19-15-7-12-6-13(9-15)10-16(19)8-12/h4-5,11-13,15-16,19,21H,6-10H2,1-3H3,(H,24,25). The Labute approximate surface area is 160 Å². The lowest BCUT2D eigenvalue weighted by molar-refractivity contribution is -0.228. The van der Waals surface area contributed by atoms with Gasteiger partial charge in [-0.2, -0.15) is 0 Å². The van der Waals surface area contributed by atoms with Gasteiger partial charge in [0, 0.05) is 5.41 Å². The van der Waals surface area contributed by atoms with Crippen molar-refractivity contribution >= 4 is 5.97 Å². The van der Waals surface area contributed by atoms with Crippen LogP contribution in [0.4, 0.5) is 4.39 Å². The molecule has 1 unspecified atom stereocenters. The summed E-state index contributed by atoms with van der Waals surface area (Å²) in [7, 11) is 0. The van der Waals surface area contributed by atoms with Crippen LogP contribution in [-0.4, -0.2) is 23.5 Å². The van der Waals surface area contributed by atoms with Crippen LogP contribution < -0.4 is 4.74 Å². The fraction of sp³-hybridized carbons (Fsp3) is 0.682. The molecule has 4 aliphatic carbocycles. The number of carboxylic acids is 1. The Morgan fingerprint density at radius 2 is 1.70 bits per heavy atom. The van der Waals surface area contributed by atoms with Crippen LogP contribution in [0.25, 0.3) is 0 Å². The molecule has 5 heteroatoms. The van der Waals surface area contributed by atoms with Crippen LogP contribution in [0.5, 0.6) is 5.75 Å². The van der Waals surface area contributed by atoms with Gasteiger partial charge in [-0.05, 0) is 74.0 Å². The molecule has 0 heterocycles. The number of aromatic carboxylic acids is 1. The zero-order chi connectivity index (χ0) is 19.3. The average Bonchev–Trinajstić information content (AvgIpc) is 2.56. The maximum atomic E-state index is 14.3. The molecule has 148 valence electrons. The van der Waals surface area contributed by atoms with Crippen molar-refractivity contribution in [2.75, 3.05) is 0 Å². The van der Waals surface area contributed by atoms with Gasteiger partial charge in [-0.25, -0.2) is 9.18 Å². The van der Waals surface area contributed by atoms with E-state index >= 15 is 0 Å². The topological polar surface area (TPSA) is 55.8 Å². The molecule has 4 nitrogen and oxygen atoms in total. The van der Waals surface area contributed by atoms with E-state index in [1.165, 1.54) is 44.2 Å². The van der Waals surface area contributed by atoms with Crippen LogP contribution in [0.2, 0.25) is 0 Å². The van der Waals surface area contributed by atoms with Gasteiger partial charge in [0.1, 0.15) is 0 Å². The summed E-state index contributed by atoms with van der Waals surface area (Å²) in [5.74, 6) is 1.13. The lowest BCUT2D eigenvalue weighted by atomic mass is 9.55. The molecule has 27 heavy (non-hydrogen) atoms. The molecule has 1 aromatic rings. The van der Waals surface area contributed by atoms with Crippen LogP contribution in [0.1, 0.15) is 63.2 Å². The lowest BCUT2D eigenvalue weighted by Gasteiger charge is -2.55. The Morgan fingerprint density at radius 1 is 1.11 bits per heavy atom. The monoisotopic (exact) mass is 376 g/mol. The highest BCUT2D eigenvalue weighted by Crippen LogP contribution is 2.55. The Kier molecular flexibility index (Phi) is 4.69. The van der Waals surface area contributed by atoms with Gasteiger partial charge in [-0.1, -0.05) is 20.8 Å². The van der Waals surface area contributed by atoms with Gasteiger partial charge >= 0.3 is 5.97 Å². The largest absolute Gasteiger partial charge is 0.478 e. The Morgan fingerprint density at radius 3 is 2.22 bits per heavy atom. The van der Waals surface area contributed by atoms with Crippen molar-refractivity contribution in [2.45, 2.75) is 65.3 Å². The number of carbonyl (C=O) groups is 1. The van der Waals surface area contributed by atoms with E-state index in [-0.39, 0.29) is 22.8 Å². The van der Waals surface area contributed by atoms with Crippen molar-refractivity contribution in [1.82, 2.24) is 0 Å². The van der Waals surface area contributed by atoms with Crippen molar-refractivity contribution in [3.05, 3.63) is 29.6 Å². The molecule has 0 radical (unpaired) electrons. The van der Waals surface area contributed by atoms with Crippen molar-refractivity contribution < 1.29 is 23.8 Å². The highest BCUT2D eigenvalue weighted by Gasteiger charge is 2.50. The van der Waals surface area contributed by atoms with Crippen LogP contribution in [0.3, 0.4) is 0 Å². The molecule has 4 saturated carbocycles. The number of ether oxygens (including phenoxy) is 2. The van der Waals surface area contributed by atoms with Gasteiger partial charge in [0.25, 0.3) is 0 Å². The van der Waals surface area contributed by atoms with Gasteiger partial charge in [0.2, 0.25) is 6.29 Å². The number of halogens is 1. The van der Waals surface area contributed by atoms with Crippen LogP contribution in [0, 0.1) is 34.9 Å². The first-order valence-corrected chi connectivity index (χ1v) is 10.1. The summed E-state index contributed by atoms with van der Waals surface area (Å²) in [5.41, 5.74) is -0.353. The number of benzene rings is 1. The summed E-state index contributed by atoms with van der Waals surface area (Å²) >= 11 is 0. The number of hydrogen-bond donors (Lipinski definition) is 1. The summed E-state index contributed by atoms with van der Waals surface area (Å²) < 4.78 is 26.7. The van der Waals surface area contributed by atoms with Gasteiger partial charge in [0.15, 0.2) is 11.6 Å². The molecule has 4 fully saturated rings. The first kappa shape index (κ1) is 18.7. The fourth-order valence-electron chi connectivity index (χ4n) is 5.49. The molecule has 4 bridgehead atoms. The van der Waals surface area contributed by atoms with E-state index < -0.39 is 18.1 Å². The molecule has 0 spiro atoms. The molecule has 0 aromatic heterocycles. The van der Waals surface area contributed by atoms with Gasteiger partial charge in [0.05, 0.1) is 11.7 Å². The second-order valence-corrected chi connectivity index (χ2v) is 9.80. The minimum Gasteiger partial charge on any atom is -0.478 e. The second-order valence-electron chi connectivity index (χ2n) is 9.80. The normalized spacial score (nSPS) is 33.1. The second kappa shape index (κ2) is 6.77. The van der Waals surface area contributed by atoms with Gasteiger partial charge < -0.3 is 14.6 Å². The van der Waals surface area contributed by atoms with Crippen molar-refractivity contribution in [2.24, 2.45) is 29.1 Å². The average molecular weight is 376 g/mol. The SMILES string of the molecule is CC(C)(C)C(Oc1cc(C(=O)O)ccc1F)OC1C2CC3CC(C2)CC1C3. The van der Waals surface area contributed by atoms with E-state index in [1.807, 2.05) is 20.8 Å². The smallest absolute Gasteiger partial charge is 0.335 e. The van der Waals surface area contributed by atoms with E-state index in [0.29, 0.717) is 11.8 Å². The van der Waals surface area contributed by atoms with Crippen LogP contribution in [-0.2, 0) is 4.74 Å². The van der Waals surface area contributed by atoms with Gasteiger partial charge in [-0.3, -0.25) is 0 Å². The van der Waals surface area contributed by atoms with Crippen molar-refractivity contribution in [3.63, 3.8) is 0 Å². The summed E-state index contributed by atoms with van der Waals surface area (Å²) in [6.07, 6.45) is 5.85. The minimum atomic E-state index is -1.10. The van der Waals surface area contributed by atoms with Crippen LogP contribution >= 0.6 is 0 Å². The first-order valence-electron chi connectivity index (χ1n) is 10.1. The van der Waals surface area contributed by atoms with Crippen molar-refractivity contribution in [3.8, 4) is 5.75 Å². The van der Waals surface area contributed by atoms with E-state index in [2.05, 4.69) is 0 Å². The third-order valence-corrected chi connectivity index (χ3v) is 6.54. The van der Waals surface area contributed by atoms with E-state index in [1.54, 1.807) is 0 Å². The molecular formula is C22H29FO4. The Bertz CT molecular complexity index is 696. The zero-order valence-electron chi connectivity index (χ0n) is 16.3. The summed E-state index contributed by atoms with van der Waals surface area (Å²) in [5, 5.41) is 9.18. The maximum Gasteiger partial charge on any atom is 0.335 e. The minimum absolute atomic E-state index is 0.00804. The number of hydrogen-bond acceptors (Lipinski definition) is 3. The molecule has 1 atom stereocenters. The summed E-state index contributed by atoms with van der Waals surface area (Å²) in [4.78, 5) is 11.2. The molecule has 0 saturated heterocycles. The third kappa shape index (κ3) is 3.71. The van der Waals surface area contributed by atoms with E-state index in [0.717, 1.165) is 17.9 Å². The highest BCUT2D eigenvalue weighted by atomic mass is 19.1. The predicted molar refractivity (Wildman–Crippen MR) is 99.1 cm³/mol. The molecule has 1 aromatic carbocycles. The molecule has 0 amide bonds. The lowest BCUT2D eigenvalue weighted by Crippen LogP contribution is -2.52.